The fraction of sp³-hybridized carbons (Fsp3) is 0.405. The molecule has 1 aliphatic rings. The molecule has 0 radical (unpaired) electrons. The van der Waals surface area contributed by atoms with E-state index in [2.05, 4.69) is 116 Å². The summed E-state index contributed by atoms with van der Waals surface area (Å²) in [7, 11) is 0. The second-order valence-electron chi connectivity index (χ2n) is 10.2. The van der Waals surface area contributed by atoms with Crippen LogP contribution >= 0.6 is 0 Å². The molecule has 0 atom stereocenters. The molecule has 0 amide bonds. The summed E-state index contributed by atoms with van der Waals surface area (Å²) in [5, 5.41) is 1.29. The molecule has 1 N–H and O–H groups in total. The van der Waals surface area contributed by atoms with Gasteiger partial charge in [0, 0.05) is 31.3 Å². The van der Waals surface area contributed by atoms with Crippen LogP contribution in [0, 0.1) is 0 Å². The van der Waals surface area contributed by atoms with Crippen LogP contribution in [0.25, 0.3) is 10.9 Å². The van der Waals surface area contributed by atoms with Crippen molar-refractivity contribution >= 4 is 10.9 Å². The van der Waals surface area contributed by atoms with Crippen molar-refractivity contribution in [2.75, 3.05) is 6.54 Å². The van der Waals surface area contributed by atoms with E-state index in [1.807, 2.05) is 20.0 Å². The van der Waals surface area contributed by atoms with Gasteiger partial charge in [-0.15, -0.1) is 0 Å². The molecule has 2 heteroatoms. The van der Waals surface area contributed by atoms with Crippen molar-refractivity contribution < 1.29 is 0 Å². The fourth-order valence-electron chi connectivity index (χ4n) is 4.81. The zero-order chi connectivity index (χ0) is 28.3. The van der Waals surface area contributed by atoms with Gasteiger partial charge in [0.25, 0.3) is 0 Å². The molecule has 0 unspecified atom stereocenters. The summed E-state index contributed by atoms with van der Waals surface area (Å²) >= 11 is 0. The van der Waals surface area contributed by atoms with Crippen LogP contribution in [0.1, 0.15) is 90.7 Å². The van der Waals surface area contributed by atoms with Crippen molar-refractivity contribution in [3.63, 3.8) is 0 Å². The van der Waals surface area contributed by atoms with Crippen molar-refractivity contribution in [2.24, 2.45) is 0 Å². The third kappa shape index (κ3) is 12.1. The van der Waals surface area contributed by atoms with Gasteiger partial charge in [0.2, 0.25) is 0 Å². The van der Waals surface area contributed by atoms with Crippen LogP contribution in [0.3, 0.4) is 0 Å². The molecule has 1 aliphatic carbocycles. The molecular weight excluding hydrogens is 472 g/mol. The summed E-state index contributed by atoms with van der Waals surface area (Å²) in [5.41, 5.74) is 8.14. The maximum Gasteiger partial charge on any atom is 0.0454 e. The third-order valence-corrected chi connectivity index (χ3v) is 7.02. The molecule has 39 heavy (non-hydrogen) atoms. The van der Waals surface area contributed by atoms with E-state index >= 15 is 0 Å². The summed E-state index contributed by atoms with van der Waals surface area (Å²) in [4.78, 5) is 5.87. The fourth-order valence-corrected chi connectivity index (χ4v) is 4.81. The lowest BCUT2D eigenvalue weighted by atomic mass is 10.00. The van der Waals surface area contributed by atoms with Gasteiger partial charge < -0.3 is 4.98 Å². The summed E-state index contributed by atoms with van der Waals surface area (Å²) in [6.07, 6.45) is 19.7. The molecular formula is C37H52N2. The van der Waals surface area contributed by atoms with Gasteiger partial charge in [-0.3, -0.25) is 4.90 Å². The Hall–Kier alpha value is -3.10. The zero-order valence-corrected chi connectivity index (χ0v) is 25.3. The van der Waals surface area contributed by atoms with E-state index in [9.17, 15) is 0 Å². The molecule has 0 aliphatic heterocycles. The number of benzene rings is 2. The molecule has 0 spiro atoms. The topological polar surface area (TPSA) is 19.0 Å². The first-order valence-electron chi connectivity index (χ1n) is 15.1. The highest BCUT2D eigenvalue weighted by atomic mass is 15.1. The van der Waals surface area contributed by atoms with Crippen LogP contribution in [-0.2, 0) is 13.1 Å². The van der Waals surface area contributed by atoms with Crippen LogP contribution in [0.4, 0.5) is 0 Å². The highest BCUT2D eigenvalue weighted by molar-refractivity contribution is 5.79. The van der Waals surface area contributed by atoms with Crippen LogP contribution in [0.15, 0.2) is 108 Å². The van der Waals surface area contributed by atoms with Crippen LogP contribution < -0.4 is 0 Å². The number of allylic oxidation sites excluding steroid dienone is 6. The summed E-state index contributed by atoms with van der Waals surface area (Å²) in [6.45, 7) is 17.4. The second-order valence-corrected chi connectivity index (χ2v) is 10.2. The number of unbranched alkanes of at least 4 members (excludes halogenated alkanes) is 3. The zero-order valence-electron chi connectivity index (χ0n) is 25.3. The monoisotopic (exact) mass is 524 g/mol. The Bertz CT molecular complexity index is 1180. The van der Waals surface area contributed by atoms with E-state index in [0.717, 1.165) is 19.6 Å². The molecule has 0 bridgehead atoms. The summed E-state index contributed by atoms with van der Waals surface area (Å²) in [6, 6.07) is 19.8. The van der Waals surface area contributed by atoms with E-state index in [0.29, 0.717) is 0 Å². The standard InChI is InChI=1S/C26H34N2.C9H12.C2H6/c1-3-5-6-8-11-22(4-2)19-28(20-23-12-9-7-10-13-23)21-24-14-15-26-25(18-24)16-17-27-26;1-8(2)9-6-4-3-5-7-9;1-2/h4,7,9-10,12-18,27H,3,5-6,8,11,19-21H2,1-2H3;3-4,6H,1,5,7H2,2H3;1-2H3/b22-4+;;. The van der Waals surface area contributed by atoms with Gasteiger partial charge in [-0.1, -0.05) is 118 Å². The van der Waals surface area contributed by atoms with Gasteiger partial charge in [0.15, 0.2) is 0 Å². The SMILES string of the molecule is C/C=C(\CCCCCC)CN(Cc1ccccc1)Cc1ccc2[nH]ccc2c1.C=C(C)C1=CC=CCC1.CC. The lowest BCUT2D eigenvalue weighted by molar-refractivity contribution is 0.276. The van der Waals surface area contributed by atoms with Crippen LogP contribution in [-0.4, -0.2) is 16.4 Å². The molecule has 2 aromatic carbocycles. The Morgan fingerprint density at radius 3 is 2.38 bits per heavy atom. The number of aromatic amines is 1. The predicted molar refractivity (Wildman–Crippen MR) is 174 cm³/mol. The highest BCUT2D eigenvalue weighted by Crippen LogP contribution is 2.20. The Labute approximate surface area is 239 Å². The number of hydrogen-bond acceptors (Lipinski definition) is 1. The van der Waals surface area contributed by atoms with E-state index in [1.54, 1.807) is 5.57 Å². The van der Waals surface area contributed by atoms with Crippen molar-refractivity contribution in [2.45, 2.75) is 92.7 Å². The van der Waals surface area contributed by atoms with E-state index in [1.165, 1.54) is 78.1 Å². The molecule has 0 saturated heterocycles. The van der Waals surface area contributed by atoms with Gasteiger partial charge in [-0.25, -0.2) is 0 Å². The minimum atomic E-state index is 0.975. The van der Waals surface area contributed by atoms with Crippen molar-refractivity contribution in [1.82, 2.24) is 9.88 Å². The summed E-state index contributed by atoms with van der Waals surface area (Å²) < 4.78 is 0. The Morgan fingerprint density at radius 2 is 1.74 bits per heavy atom. The number of fused-ring (bicyclic) bond motifs is 1. The molecule has 0 fully saturated rings. The summed E-state index contributed by atoms with van der Waals surface area (Å²) in [5.74, 6) is 0. The van der Waals surface area contributed by atoms with Gasteiger partial charge in [0.05, 0.1) is 0 Å². The first-order chi connectivity index (χ1) is 19.1. The maximum absolute atomic E-state index is 3.88. The first kappa shape index (κ1) is 32.1. The average Bonchev–Trinajstić information content (AvgIpc) is 3.45. The smallest absolute Gasteiger partial charge is 0.0454 e. The maximum atomic E-state index is 3.88. The lowest BCUT2D eigenvalue weighted by Gasteiger charge is -2.24. The number of H-pyrrole nitrogens is 1. The minimum Gasteiger partial charge on any atom is -0.361 e. The molecule has 1 aromatic heterocycles. The van der Waals surface area contributed by atoms with E-state index < -0.39 is 0 Å². The largest absolute Gasteiger partial charge is 0.361 e. The average molecular weight is 525 g/mol. The molecule has 4 rings (SSSR count). The number of nitrogens with one attached hydrogen (secondary N) is 1. The normalized spacial score (nSPS) is 12.9. The van der Waals surface area contributed by atoms with Crippen molar-refractivity contribution in [3.05, 3.63) is 120 Å². The van der Waals surface area contributed by atoms with Gasteiger partial charge >= 0.3 is 0 Å². The Kier molecular flexibility index (Phi) is 15.7. The Balaban J connectivity index is 0.000000407. The molecule has 1 heterocycles. The third-order valence-electron chi connectivity index (χ3n) is 7.02. The number of nitrogens with zero attached hydrogens (tertiary/aromatic N) is 1. The highest BCUT2D eigenvalue weighted by Gasteiger charge is 2.11. The molecule has 3 aromatic rings. The van der Waals surface area contributed by atoms with Gasteiger partial charge in [-0.2, -0.15) is 0 Å². The van der Waals surface area contributed by atoms with Gasteiger partial charge in [-0.05, 0) is 79.8 Å². The second kappa shape index (κ2) is 19.0. The van der Waals surface area contributed by atoms with Crippen molar-refractivity contribution in [1.29, 1.82) is 0 Å². The van der Waals surface area contributed by atoms with Gasteiger partial charge in [0.1, 0.15) is 0 Å². The Morgan fingerprint density at radius 1 is 0.974 bits per heavy atom. The number of rotatable bonds is 12. The molecule has 0 saturated carbocycles. The lowest BCUT2D eigenvalue weighted by Crippen LogP contribution is -2.25. The van der Waals surface area contributed by atoms with E-state index in [4.69, 9.17) is 0 Å². The quantitative estimate of drug-likeness (QED) is 0.184. The minimum absolute atomic E-state index is 0.975. The first-order valence-corrected chi connectivity index (χ1v) is 15.1. The van der Waals surface area contributed by atoms with Crippen LogP contribution in [0.2, 0.25) is 0 Å². The van der Waals surface area contributed by atoms with Crippen molar-refractivity contribution in [3.8, 4) is 0 Å². The van der Waals surface area contributed by atoms with E-state index in [-0.39, 0.29) is 0 Å². The molecule has 2 nitrogen and oxygen atoms in total. The molecule has 210 valence electrons. The number of hydrogen-bond donors (Lipinski definition) is 1. The predicted octanol–water partition coefficient (Wildman–Crippen LogP) is 11.0. The number of aromatic nitrogens is 1. The van der Waals surface area contributed by atoms with Crippen LogP contribution in [0.5, 0.6) is 0 Å².